The molecule has 0 bridgehead atoms. The Morgan fingerprint density at radius 3 is 2.15 bits per heavy atom. The normalized spacial score (nSPS) is 12.4. The molecule has 2 aromatic rings. The van der Waals surface area contributed by atoms with Crippen molar-refractivity contribution < 1.29 is 0 Å². The van der Waals surface area contributed by atoms with Crippen LogP contribution in [-0.2, 0) is 0 Å². The molecule has 1 unspecified atom stereocenters. The molecule has 0 radical (unpaired) electrons. The van der Waals surface area contributed by atoms with Crippen molar-refractivity contribution in [3.05, 3.63) is 64.2 Å². The molecule has 106 valence electrons. The molecule has 0 heterocycles. The molecule has 2 N–H and O–H groups in total. The second-order valence-corrected chi connectivity index (χ2v) is 6.61. The van der Waals surface area contributed by atoms with Crippen LogP contribution in [0.5, 0.6) is 0 Å². The quantitative estimate of drug-likeness (QED) is 0.819. The van der Waals surface area contributed by atoms with E-state index in [-0.39, 0.29) is 6.04 Å². The summed E-state index contributed by atoms with van der Waals surface area (Å²) >= 11 is 1.86. The van der Waals surface area contributed by atoms with Crippen LogP contribution in [0, 0.1) is 20.8 Å². The minimum atomic E-state index is -0.0463. The first-order chi connectivity index (χ1) is 9.52. The van der Waals surface area contributed by atoms with Gasteiger partial charge in [-0.05, 0) is 66.5 Å². The van der Waals surface area contributed by atoms with Crippen molar-refractivity contribution in [1.29, 1.82) is 0 Å². The highest BCUT2D eigenvalue weighted by molar-refractivity contribution is 7.99. The summed E-state index contributed by atoms with van der Waals surface area (Å²) in [6, 6.07) is 13.0. The van der Waals surface area contributed by atoms with Gasteiger partial charge in [0.05, 0.1) is 6.04 Å². The van der Waals surface area contributed by atoms with Crippen LogP contribution in [0.2, 0.25) is 0 Å². The predicted octanol–water partition coefficient (Wildman–Crippen LogP) is 4.77. The van der Waals surface area contributed by atoms with E-state index in [0.29, 0.717) is 0 Å². The molecule has 2 heteroatoms. The Labute approximate surface area is 126 Å². The van der Waals surface area contributed by atoms with Crippen LogP contribution in [0.25, 0.3) is 0 Å². The molecule has 0 saturated carbocycles. The van der Waals surface area contributed by atoms with Gasteiger partial charge >= 0.3 is 0 Å². The van der Waals surface area contributed by atoms with Crippen molar-refractivity contribution >= 4 is 11.8 Å². The average Bonchev–Trinajstić information content (AvgIpc) is 2.43. The zero-order chi connectivity index (χ0) is 14.7. The van der Waals surface area contributed by atoms with Crippen molar-refractivity contribution in [2.24, 2.45) is 5.73 Å². The van der Waals surface area contributed by atoms with Gasteiger partial charge in [-0.2, -0.15) is 0 Å². The molecule has 2 aromatic carbocycles. The first kappa shape index (κ1) is 15.1. The zero-order valence-corrected chi connectivity index (χ0v) is 13.6. The summed E-state index contributed by atoms with van der Waals surface area (Å²) in [5, 5.41) is 0. The standard InChI is InChI=1S/C18H23NS/c1-5-20-16-8-6-15(7-9-16)18(19)17-11-13(3)12(2)10-14(17)4/h6-11,18H,5,19H2,1-4H3. The highest BCUT2D eigenvalue weighted by Gasteiger charge is 2.12. The van der Waals surface area contributed by atoms with Crippen molar-refractivity contribution in [1.82, 2.24) is 0 Å². The summed E-state index contributed by atoms with van der Waals surface area (Å²) in [4.78, 5) is 1.31. The first-order valence-corrected chi connectivity index (χ1v) is 8.07. The molecule has 0 aliphatic rings. The van der Waals surface area contributed by atoms with Gasteiger partial charge in [0, 0.05) is 4.90 Å². The molecule has 20 heavy (non-hydrogen) atoms. The van der Waals surface area contributed by atoms with Crippen molar-refractivity contribution in [3.8, 4) is 0 Å². The Morgan fingerprint density at radius 2 is 1.55 bits per heavy atom. The summed E-state index contributed by atoms with van der Waals surface area (Å²) in [6.07, 6.45) is 0. The smallest absolute Gasteiger partial charge is 0.0554 e. The second kappa shape index (κ2) is 6.47. The molecule has 0 amide bonds. The number of hydrogen-bond acceptors (Lipinski definition) is 2. The third-order valence-electron chi connectivity index (χ3n) is 3.77. The Hall–Kier alpha value is -1.25. The molecule has 0 aliphatic carbocycles. The van der Waals surface area contributed by atoms with E-state index in [1.807, 2.05) is 11.8 Å². The van der Waals surface area contributed by atoms with Gasteiger partial charge in [0.2, 0.25) is 0 Å². The minimum Gasteiger partial charge on any atom is -0.320 e. The molecule has 0 aromatic heterocycles. The molecular formula is C18H23NS. The molecule has 2 rings (SSSR count). The molecule has 0 spiro atoms. The molecule has 0 aliphatic heterocycles. The molecule has 0 saturated heterocycles. The molecule has 1 atom stereocenters. The van der Waals surface area contributed by atoms with Gasteiger partial charge in [0.25, 0.3) is 0 Å². The van der Waals surface area contributed by atoms with Gasteiger partial charge in [-0.25, -0.2) is 0 Å². The van der Waals surface area contributed by atoms with E-state index >= 15 is 0 Å². The van der Waals surface area contributed by atoms with E-state index in [4.69, 9.17) is 5.73 Å². The monoisotopic (exact) mass is 285 g/mol. The SMILES string of the molecule is CCSc1ccc(C(N)c2cc(C)c(C)cc2C)cc1. The van der Waals surface area contributed by atoms with Crippen LogP contribution in [0.4, 0.5) is 0 Å². The lowest BCUT2D eigenvalue weighted by Gasteiger charge is -2.17. The highest BCUT2D eigenvalue weighted by Crippen LogP contribution is 2.27. The fraction of sp³-hybridized carbons (Fsp3) is 0.333. The van der Waals surface area contributed by atoms with Gasteiger partial charge in [0.1, 0.15) is 0 Å². The minimum absolute atomic E-state index is 0.0463. The highest BCUT2D eigenvalue weighted by atomic mass is 32.2. The Balaban J connectivity index is 2.31. The van der Waals surface area contributed by atoms with E-state index in [1.54, 1.807) is 0 Å². The largest absolute Gasteiger partial charge is 0.320 e. The van der Waals surface area contributed by atoms with E-state index in [2.05, 4.69) is 64.1 Å². The van der Waals surface area contributed by atoms with E-state index in [9.17, 15) is 0 Å². The summed E-state index contributed by atoms with van der Waals surface area (Å²) in [5.74, 6) is 1.10. The van der Waals surface area contributed by atoms with Gasteiger partial charge < -0.3 is 5.73 Å². The Kier molecular flexibility index (Phi) is 4.90. The summed E-state index contributed by atoms with van der Waals surface area (Å²) < 4.78 is 0. The topological polar surface area (TPSA) is 26.0 Å². The van der Waals surface area contributed by atoms with Gasteiger partial charge in [-0.1, -0.05) is 31.2 Å². The van der Waals surface area contributed by atoms with Crippen LogP contribution in [-0.4, -0.2) is 5.75 Å². The maximum absolute atomic E-state index is 6.45. The third kappa shape index (κ3) is 3.25. The number of thioether (sulfide) groups is 1. The third-order valence-corrected chi connectivity index (χ3v) is 4.66. The van der Waals surface area contributed by atoms with Crippen LogP contribution in [0.1, 0.15) is 40.8 Å². The van der Waals surface area contributed by atoms with Crippen molar-refractivity contribution in [2.75, 3.05) is 5.75 Å². The van der Waals surface area contributed by atoms with Crippen LogP contribution in [0.15, 0.2) is 41.3 Å². The lowest BCUT2D eigenvalue weighted by molar-refractivity contribution is 0.857. The molecule has 1 nitrogen and oxygen atoms in total. The maximum Gasteiger partial charge on any atom is 0.0554 e. The van der Waals surface area contributed by atoms with Gasteiger partial charge in [-0.15, -0.1) is 11.8 Å². The number of nitrogens with two attached hydrogens (primary N) is 1. The molecule has 0 fully saturated rings. The Bertz CT molecular complexity index is 587. The molecular weight excluding hydrogens is 262 g/mol. The van der Waals surface area contributed by atoms with Gasteiger partial charge in [0.15, 0.2) is 0 Å². The second-order valence-electron chi connectivity index (χ2n) is 5.27. The number of rotatable bonds is 4. The summed E-state index contributed by atoms with van der Waals surface area (Å²) in [6.45, 7) is 8.60. The van der Waals surface area contributed by atoms with E-state index in [0.717, 1.165) is 5.75 Å². The van der Waals surface area contributed by atoms with Crippen LogP contribution >= 0.6 is 11.8 Å². The maximum atomic E-state index is 6.45. The average molecular weight is 285 g/mol. The van der Waals surface area contributed by atoms with E-state index < -0.39 is 0 Å². The number of benzene rings is 2. The van der Waals surface area contributed by atoms with Crippen LogP contribution in [0.3, 0.4) is 0 Å². The first-order valence-electron chi connectivity index (χ1n) is 7.09. The fourth-order valence-electron chi connectivity index (χ4n) is 2.44. The van der Waals surface area contributed by atoms with Gasteiger partial charge in [-0.3, -0.25) is 0 Å². The number of aryl methyl sites for hydroxylation is 3. The number of hydrogen-bond donors (Lipinski definition) is 1. The Morgan fingerprint density at radius 1 is 0.950 bits per heavy atom. The van der Waals surface area contributed by atoms with Crippen molar-refractivity contribution in [2.45, 2.75) is 38.6 Å². The predicted molar refractivity (Wildman–Crippen MR) is 89.5 cm³/mol. The summed E-state index contributed by atoms with van der Waals surface area (Å²) in [5.41, 5.74) is 12.8. The van der Waals surface area contributed by atoms with E-state index in [1.165, 1.54) is 32.7 Å². The lowest BCUT2D eigenvalue weighted by Crippen LogP contribution is -2.13. The summed E-state index contributed by atoms with van der Waals surface area (Å²) in [7, 11) is 0. The van der Waals surface area contributed by atoms with Crippen LogP contribution < -0.4 is 5.73 Å². The zero-order valence-electron chi connectivity index (χ0n) is 12.7. The fourth-order valence-corrected chi connectivity index (χ4v) is 3.10. The van der Waals surface area contributed by atoms with Crippen molar-refractivity contribution in [3.63, 3.8) is 0 Å². The lowest BCUT2D eigenvalue weighted by atomic mass is 9.92.